The Morgan fingerprint density at radius 1 is 1.33 bits per heavy atom. The quantitative estimate of drug-likeness (QED) is 0.837. The zero-order valence-corrected chi connectivity index (χ0v) is 13.0. The molecule has 0 aliphatic rings. The van der Waals surface area contributed by atoms with Gasteiger partial charge in [-0.1, -0.05) is 22.0 Å². The lowest BCUT2D eigenvalue weighted by Crippen LogP contribution is -2.19. The van der Waals surface area contributed by atoms with E-state index in [2.05, 4.69) is 31.0 Å². The number of benzene rings is 1. The van der Waals surface area contributed by atoms with Gasteiger partial charge in [0.05, 0.1) is 0 Å². The van der Waals surface area contributed by atoms with Crippen LogP contribution < -0.4 is 10.1 Å². The van der Waals surface area contributed by atoms with E-state index in [4.69, 9.17) is 0 Å². The number of nitrogens with one attached hydrogen (secondary N) is 1. The van der Waals surface area contributed by atoms with E-state index in [0.717, 1.165) is 10.0 Å². The summed E-state index contributed by atoms with van der Waals surface area (Å²) in [4.78, 5) is 4.06. The SMILES string of the molecule is C[C@H](NCc1cc(Br)ccc1OC(F)F)c1cccnc1. The second-order valence-electron chi connectivity index (χ2n) is 4.52. The number of nitrogens with zero attached hydrogens (tertiary/aromatic N) is 1. The van der Waals surface area contributed by atoms with Crippen LogP contribution in [0.3, 0.4) is 0 Å². The van der Waals surface area contributed by atoms with E-state index in [0.29, 0.717) is 12.1 Å². The molecule has 0 aliphatic carbocycles. The largest absolute Gasteiger partial charge is 0.434 e. The summed E-state index contributed by atoms with van der Waals surface area (Å²) in [5.41, 5.74) is 1.70. The first-order chi connectivity index (χ1) is 10.1. The summed E-state index contributed by atoms with van der Waals surface area (Å²) in [5.74, 6) is 0.180. The topological polar surface area (TPSA) is 34.1 Å². The van der Waals surface area contributed by atoms with Gasteiger partial charge >= 0.3 is 6.61 Å². The Labute approximate surface area is 130 Å². The van der Waals surface area contributed by atoms with Crippen molar-refractivity contribution in [2.45, 2.75) is 26.1 Å². The number of rotatable bonds is 6. The van der Waals surface area contributed by atoms with Crippen molar-refractivity contribution >= 4 is 15.9 Å². The van der Waals surface area contributed by atoms with E-state index in [1.165, 1.54) is 6.07 Å². The van der Waals surface area contributed by atoms with Crippen molar-refractivity contribution in [1.29, 1.82) is 0 Å². The van der Waals surface area contributed by atoms with Crippen LogP contribution in [0.2, 0.25) is 0 Å². The maximum atomic E-state index is 12.4. The number of ether oxygens (including phenoxy) is 1. The standard InChI is InChI=1S/C15H15BrF2N2O/c1-10(11-3-2-6-19-8-11)20-9-12-7-13(16)4-5-14(12)21-15(17)18/h2-8,10,15,20H,9H2,1H3/t10-/m0/s1. The van der Waals surface area contributed by atoms with Crippen molar-refractivity contribution in [3.8, 4) is 5.75 Å². The average Bonchev–Trinajstić information content (AvgIpc) is 2.47. The number of pyridine rings is 1. The first-order valence-corrected chi connectivity index (χ1v) is 7.22. The number of aromatic nitrogens is 1. The molecule has 1 aromatic carbocycles. The highest BCUT2D eigenvalue weighted by atomic mass is 79.9. The lowest BCUT2D eigenvalue weighted by atomic mass is 10.1. The molecule has 0 saturated carbocycles. The van der Waals surface area contributed by atoms with Gasteiger partial charge in [-0.05, 0) is 36.8 Å². The predicted octanol–water partition coefficient (Wildman–Crippen LogP) is 4.30. The van der Waals surface area contributed by atoms with Crippen LogP contribution in [-0.4, -0.2) is 11.6 Å². The summed E-state index contributed by atoms with van der Waals surface area (Å²) in [6.07, 6.45) is 3.48. The second-order valence-corrected chi connectivity index (χ2v) is 5.44. The van der Waals surface area contributed by atoms with Crippen molar-refractivity contribution in [2.24, 2.45) is 0 Å². The van der Waals surface area contributed by atoms with Gasteiger partial charge in [0.2, 0.25) is 0 Å². The van der Waals surface area contributed by atoms with Crippen LogP contribution in [0.25, 0.3) is 0 Å². The third kappa shape index (κ3) is 4.75. The van der Waals surface area contributed by atoms with E-state index in [9.17, 15) is 8.78 Å². The molecule has 0 unspecified atom stereocenters. The lowest BCUT2D eigenvalue weighted by molar-refractivity contribution is -0.0505. The molecule has 1 heterocycles. The highest BCUT2D eigenvalue weighted by Crippen LogP contribution is 2.25. The molecule has 21 heavy (non-hydrogen) atoms. The Hall–Kier alpha value is -1.53. The number of halogens is 3. The molecule has 1 N–H and O–H groups in total. The first kappa shape index (κ1) is 15.9. The summed E-state index contributed by atoms with van der Waals surface area (Å²) in [5, 5.41) is 3.27. The van der Waals surface area contributed by atoms with E-state index >= 15 is 0 Å². The molecule has 6 heteroatoms. The first-order valence-electron chi connectivity index (χ1n) is 6.43. The van der Waals surface area contributed by atoms with Crippen molar-refractivity contribution in [2.75, 3.05) is 0 Å². The summed E-state index contributed by atoms with van der Waals surface area (Å²) in [6.45, 7) is -0.430. The van der Waals surface area contributed by atoms with Gasteiger partial charge < -0.3 is 10.1 Å². The van der Waals surface area contributed by atoms with E-state index < -0.39 is 6.61 Å². The van der Waals surface area contributed by atoms with Crippen molar-refractivity contribution in [1.82, 2.24) is 10.3 Å². The molecule has 1 atom stereocenters. The Morgan fingerprint density at radius 3 is 2.81 bits per heavy atom. The van der Waals surface area contributed by atoms with Crippen LogP contribution in [0.5, 0.6) is 5.75 Å². The van der Waals surface area contributed by atoms with E-state index in [1.807, 2.05) is 19.1 Å². The van der Waals surface area contributed by atoms with Gasteiger partial charge in [-0.15, -0.1) is 0 Å². The predicted molar refractivity (Wildman–Crippen MR) is 80.3 cm³/mol. The van der Waals surface area contributed by atoms with Crippen molar-refractivity contribution in [3.05, 3.63) is 58.3 Å². The number of hydrogen-bond acceptors (Lipinski definition) is 3. The van der Waals surface area contributed by atoms with Crippen LogP contribution in [0, 0.1) is 0 Å². The smallest absolute Gasteiger partial charge is 0.387 e. The highest BCUT2D eigenvalue weighted by Gasteiger charge is 2.12. The molecule has 112 valence electrons. The second kappa shape index (κ2) is 7.47. The minimum Gasteiger partial charge on any atom is -0.434 e. The number of alkyl halides is 2. The van der Waals surface area contributed by atoms with E-state index in [1.54, 1.807) is 24.5 Å². The minimum atomic E-state index is -2.83. The molecule has 3 nitrogen and oxygen atoms in total. The van der Waals surface area contributed by atoms with E-state index in [-0.39, 0.29) is 11.8 Å². The molecule has 0 radical (unpaired) electrons. The Kier molecular flexibility index (Phi) is 5.64. The van der Waals surface area contributed by atoms with Crippen LogP contribution >= 0.6 is 15.9 Å². The van der Waals surface area contributed by atoms with Gasteiger partial charge in [-0.25, -0.2) is 0 Å². The third-order valence-corrected chi connectivity index (χ3v) is 3.51. The molecular weight excluding hydrogens is 342 g/mol. The summed E-state index contributed by atoms with van der Waals surface area (Å²) in [6, 6.07) is 8.84. The maximum absolute atomic E-state index is 12.4. The normalized spacial score (nSPS) is 12.4. The minimum absolute atomic E-state index is 0.0529. The fourth-order valence-corrected chi connectivity index (χ4v) is 2.32. The van der Waals surface area contributed by atoms with Crippen LogP contribution in [0.4, 0.5) is 8.78 Å². The number of hydrogen-bond donors (Lipinski definition) is 1. The summed E-state index contributed by atoms with van der Waals surface area (Å²) >= 11 is 3.33. The lowest BCUT2D eigenvalue weighted by Gasteiger charge is -2.16. The molecular formula is C15H15BrF2N2O. The average molecular weight is 357 g/mol. The Bertz CT molecular complexity index is 581. The van der Waals surface area contributed by atoms with Crippen molar-refractivity contribution < 1.29 is 13.5 Å². The molecule has 2 rings (SSSR count). The van der Waals surface area contributed by atoms with Gasteiger partial charge in [0.15, 0.2) is 0 Å². The molecule has 2 aromatic rings. The molecule has 0 saturated heterocycles. The monoisotopic (exact) mass is 356 g/mol. The molecule has 0 amide bonds. The van der Waals surface area contributed by atoms with Gasteiger partial charge in [-0.2, -0.15) is 8.78 Å². The summed E-state index contributed by atoms with van der Waals surface area (Å²) in [7, 11) is 0. The zero-order valence-electron chi connectivity index (χ0n) is 11.4. The van der Waals surface area contributed by atoms with Gasteiger partial charge in [0.1, 0.15) is 5.75 Å². The highest BCUT2D eigenvalue weighted by molar-refractivity contribution is 9.10. The van der Waals surface area contributed by atoms with Gasteiger partial charge in [0.25, 0.3) is 0 Å². The fourth-order valence-electron chi connectivity index (χ4n) is 1.91. The fraction of sp³-hybridized carbons (Fsp3) is 0.267. The molecule has 0 spiro atoms. The van der Waals surface area contributed by atoms with Crippen LogP contribution in [0.15, 0.2) is 47.2 Å². The molecule has 0 fully saturated rings. The van der Waals surface area contributed by atoms with Gasteiger partial charge in [0, 0.05) is 35.0 Å². The Balaban J connectivity index is 2.07. The van der Waals surface area contributed by atoms with Gasteiger partial charge in [-0.3, -0.25) is 4.98 Å². The molecule has 0 aliphatic heterocycles. The third-order valence-electron chi connectivity index (χ3n) is 3.02. The zero-order chi connectivity index (χ0) is 15.2. The molecule has 1 aromatic heterocycles. The maximum Gasteiger partial charge on any atom is 0.387 e. The van der Waals surface area contributed by atoms with Crippen molar-refractivity contribution in [3.63, 3.8) is 0 Å². The van der Waals surface area contributed by atoms with Crippen LogP contribution in [0.1, 0.15) is 24.1 Å². The Morgan fingerprint density at radius 2 is 2.14 bits per heavy atom. The summed E-state index contributed by atoms with van der Waals surface area (Å²) < 4.78 is 30.2. The molecule has 0 bridgehead atoms. The van der Waals surface area contributed by atoms with Crippen LogP contribution in [-0.2, 0) is 6.54 Å².